The lowest BCUT2D eigenvalue weighted by Crippen LogP contribution is -2.14. The zero-order valence-corrected chi connectivity index (χ0v) is 12.0. The molecule has 0 saturated carbocycles. The molecule has 3 aromatic rings. The Morgan fingerprint density at radius 3 is 2.60 bits per heavy atom. The molecule has 0 radical (unpaired) electrons. The molecule has 20 heavy (non-hydrogen) atoms. The van der Waals surface area contributed by atoms with Crippen molar-refractivity contribution in [2.45, 2.75) is 19.9 Å². The van der Waals surface area contributed by atoms with Crippen molar-refractivity contribution < 1.29 is 0 Å². The maximum atomic E-state index is 6.50. The molecule has 0 spiro atoms. The molecule has 0 aliphatic heterocycles. The molecule has 4 nitrogen and oxygen atoms in total. The lowest BCUT2D eigenvalue weighted by Gasteiger charge is -2.15. The summed E-state index contributed by atoms with van der Waals surface area (Å²) < 4.78 is 1.88. The summed E-state index contributed by atoms with van der Waals surface area (Å²) in [6.45, 7) is 4.05. The minimum absolute atomic E-state index is 0.206. The number of rotatable bonds is 2. The van der Waals surface area contributed by atoms with Crippen LogP contribution < -0.4 is 5.73 Å². The second kappa shape index (κ2) is 4.72. The normalized spacial score (nSPS) is 12.8. The van der Waals surface area contributed by atoms with Crippen molar-refractivity contribution in [2.24, 2.45) is 12.8 Å². The van der Waals surface area contributed by atoms with E-state index in [-0.39, 0.29) is 6.04 Å². The van der Waals surface area contributed by atoms with Crippen LogP contribution in [0.25, 0.3) is 10.9 Å². The summed E-state index contributed by atoms with van der Waals surface area (Å²) >= 11 is 0. The molecule has 1 atom stereocenters. The highest BCUT2D eigenvalue weighted by molar-refractivity contribution is 5.82. The number of aryl methyl sites for hydroxylation is 2. The summed E-state index contributed by atoms with van der Waals surface area (Å²) in [5.74, 6) is 0. The van der Waals surface area contributed by atoms with E-state index in [4.69, 9.17) is 5.73 Å². The van der Waals surface area contributed by atoms with Gasteiger partial charge in [-0.05, 0) is 25.5 Å². The predicted molar refractivity (Wildman–Crippen MR) is 80.5 cm³/mol. The summed E-state index contributed by atoms with van der Waals surface area (Å²) in [4.78, 5) is 4.49. The smallest absolute Gasteiger partial charge is 0.0753 e. The molecule has 1 unspecified atom stereocenters. The van der Waals surface area contributed by atoms with Crippen molar-refractivity contribution in [1.82, 2.24) is 14.8 Å². The number of nitrogens with two attached hydrogens (primary N) is 1. The molecule has 2 heterocycles. The fraction of sp³-hybridized carbons (Fsp3) is 0.250. The van der Waals surface area contributed by atoms with Gasteiger partial charge in [-0.15, -0.1) is 0 Å². The van der Waals surface area contributed by atoms with Crippen LogP contribution in [0.1, 0.15) is 28.6 Å². The number of hydrogen-bond donors (Lipinski definition) is 1. The van der Waals surface area contributed by atoms with Gasteiger partial charge in [-0.25, -0.2) is 0 Å². The van der Waals surface area contributed by atoms with E-state index in [9.17, 15) is 0 Å². The number of benzene rings is 1. The van der Waals surface area contributed by atoms with Crippen molar-refractivity contribution in [3.05, 3.63) is 59.0 Å². The molecule has 0 saturated heterocycles. The van der Waals surface area contributed by atoms with Gasteiger partial charge in [-0.3, -0.25) is 9.67 Å². The second-order valence-corrected chi connectivity index (χ2v) is 5.11. The standard InChI is InChI=1S/C16H18N4/c1-10-14(11(2)20(3)19-10)15(17)13-8-4-6-12-7-5-9-18-16(12)13/h4-9,15H,17H2,1-3H3. The summed E-state index contributed by atoms with van der Waals surface area (Å²) in [7, 11) is 1.94. The van der Waals surface area contributed by atoms with E-state index in [2.05, 4.69) is 22.2 Å². The van der Waals surface area contributed by atoms with Crippen molar-refractivity contribution in [3.8, 4) is 0 Å². The fourth-order valence-electron chi connectivity index (χ4n) is 2.77. The average Bonchev–Trinajstić information content (AvgIpc) is 2.71. The molecule has 2 aromatic heterocycles. The average molecular weight is 266 g/mol. The highest BCUT2D eigenvalue weighted by atomic mass is 15.3. The Bertz CT molecular complexity index is 768. The monoisotopic (exact) mass is 266 g/mol. The van der Waals surface area contributed by atoms with E-state index < -0.39 is 0 Å². The first kappa shape index (κ1) is 12.8. The second-order valence-electron chi connectivity index (χ2n) is 5.11. The Hall–Kier alpha value is -2.20. The zero-order chi connectivity index (χ0) is 14.3. The first-order valence-electron chi connectivity index (χ1n) is 6.69. The van der Waals surface area contributed by atoms with Gasteiger partial charge in [0, 0.05) is 29.9 Å². The van der Waals surface area contributed by atoms with Gasteiger partial charge in [0.2, 0.25) is 0 Å². The molecule has 3 rings (SSSR count). The van der Waals surface area contributed by atoms with Crippen molar-refractivity contribution in [2.75, 3.05) is 0 Å². The maximum Gasteiger partial charge on any atom is 0.0753 e. The number of aromatic nitrogens is 3. The van der Waals surface area contributed by atoms with E-state index in [1.807, 2.05) is 50.0 Å². The van der Waals surface area contributed by atoms with E-state index in [1.165, 1.54) is 0 Å². The van der Waals surface area contributed by atoms with Gasteiger partial charge in [0.1, 0.15) is 0 Å². The summed E-state index contributed by atoms with van der Waals surface area (Å²) in [5.41, 5.74) is 11.7. The maximum absolute atomic E-state index is 6.50. The van der Waals surface area contributed by atoms with Crippen LogP contribution in [0, 0.1) is 13.8 Å². The Morgan fingerprint density at radius 1 is 1.15 bits per heavy atom. The van der Waals surface area contributed by atoms with Crippen LogP contribution in [0.5, 0.6) is 0 Å². The van der Waals surface area contributed by atoms with Crippen LogP contribution in [-0.4, -0.2) is 14.8 Å². The Morgan fingerprint density at radius 2 is 1.90 bits per heavy atom. The minimum atomic E-state index is -0.206. The minimum Gasteiger partial charge on any atom is -0.320 e. The first-order chi connectivity index (χ1) is 9.59. The topological polar surface area (TPSA) is 56.7 Å². The SMILES string of the molecule is Cc1nn(C)c(C)c1C(N)c1cccc2cccnc12. The largest absolute Gasteiger partial charge is 0.320 e. The van der Waals surface area contributed by atoms with Crippen LogP contribution in [0.4, 0.5) is 0 Å². The van der Waals surface area contributed by atoms with Crippen molar-refractivity contribution in [3.63, 3.8) is 0 Å². The first-order valence-corrected chi connectivity index (χ1v) is 6.69. The van der Waals surface area contributed by atoms with Gasteiger partial charge in [0.25, 0.3) is 0 Å². The van der Waals surface area contributed by atoms with Gasteiger partial charge in [-0.2, -0.15) is 5.10 Å². The van der Waals surface area contributed by atoms with E-state index in [1.54, 1.807) is 0 Å². The quantitative estimate of drug-likeness (QED) is 0.775. The molecule has 102 valence electrons. The van der Waals surface area contributed by atoms with E-state index in [0.29, 0.717) is 0 Å². The Labute approximate surface area is 118 Å². The summed E-state index contributed by atoms with van der Waals surface area (Å²) in [6, 6.07) is 9.93. The van der Waals surface area contributed by atoms with Crippen LogP contribution in [0.15, 0.2) is 36.5 Å². The number of nitrogens with zero attached hydrogens (tertiary/aromatic N) is 3. The third kappa shape index (κ3) is 1.89. The molecular weight excluding hydrogens is 248 g/mol. The van der Waals surface area contributed by atoms with Crippen molar-refractivity contribution in [1.29, 1.82) is 0 Å². The van der Waals surface area contributed by atoms with Crippen LogP contribution >= 0.6 is 0 Å². The summed E-state index contributed by atoms with van der Waals surface area (Å²) in [6.07, 6.45) is 1.81. The molecule has 2 N–H and O–H groups in total. The molecular formula is C16H18N4. The van der Waals surface area contributed by atoms with Gasteiger partial charge in [-0.1, -0.05) is 24.3 Å². The molecule has 4 heteroatoms. The molecule has 0 bridgehead atoms. The molecule has 0 fully saturated rings. The number of pyridine rings is 1. The Kier molecular flexibility index (Phi) is 3.03. The molecule has 0 aliphatic carbocycles. The van der Waals surface area contributed by atoms with Gasteiger partial charge in [0.05, 0.1) is 17.3 Å². The lowest BCUT2D eigenvalue weighted by atomic mass is 9.96. The lowest BCUT2D eigenvalue weighted by molar-refractivity contribution is 0.728. The number of para-hydroxylation sites is 1. The van der Waals surface area contributed by atoms with Crippen molar-refractivity contribution >= 4 is 10.9 Å². The highest BCUT2D eigenvalue weighted by Crippen LogP contribution is 2.29. The number of fused-ring (bicyclic) bond motifs is 1. The molecule has 1 aromatic carbocycles. The predicted octanol–water partition coefficient (Wildman–Crippen LogP) is 2.63. The van der Waals surface area contributed by atoms with Gasteiger partial charge >= 0.3 is 0 Å². The zero-order valence-electron chi connectivity index (χ0n) is 12.0. The summed E-state index contributed by atoms with van der Waals surface area (Å²) in [5, 5.41) is 5.56. The molecule has 0 amide bonds. The van der Waals surface area contributed by atoms with Gasteiger partial charge in [0.15, 0.2) is 0 Å². The number of hydrogen-bond acceptors (Lipinski definition) is 3. The third-order valence-electron chi connectivity index (χ3n) is 3.87. The Balaban J connectivity index is 2.20. The fourth-order valence-corrected chi connectivity index (χ4v) is 2.77. The third-order valence-corrected chi connectivity index (χ3v) is 3.87. The van der Waals surface area contributed by atoms with Crippen LogP contribution in [0.3, 0.4) is 0 Å². The van der Waals surface area contributed by atoms with Gasteiger partial charge < -0.3 is 5.73 Å². The molecule has 0 aliphatic rings. The van der Waals surface area contributed by atoms with Crippen LogP contribution in [0.2, 0.25) is 0 Å². The highest BCUT2D eigenvalue weighted by Gasteiger charge is 2.20. The van der Waals surface area contributed by atoms with Crippen LogP contribution in [-0.2, 0) is 7.05 Å². The van der Waals surface area contributed by atoms with E-state index >= 15 is 0 Å². The van der Waals surface area contributed by atoms with E-state index in [0.717, 1.165) is 33.4 Å².